The van der Waals surface area contributed by atoms with E-state index in [2.05, 4.69) is 10.1 Å². The van der Waals surface area contributed by atoms with Gasteiger partial charge in [-0.15, -0.1) is 0 Å². The predicted molar refractivity (Wildman–Crippen MR) is 70.5 cm³/mol. The number of benzene rings is 1. The van der Waals surface area contributed by atoms with E-state index in [4.69, 9.17) is 0 Å². The number of imide groups is 1. The van der Waals surface area contributed by atoms with Gasteiger partial charge >= 0.3 is 6.09 Å². The van der Waals surface area contributed by atoms with E-state index in [1.54, 1.807) is 0 Å². The van der Waals surface area contributed by atoms with Crippen LogP contribution in [0.1, 0.15) is 0 Å². The minimum Gasteiger partial charge on any atom is -0.447 e. The molecule has 2 heterocycles. The van der Waals surface area contributed by atoms with E-state index in [1.807, 2.05) is 36.4 Å². The number of amides is 2. The topological polar surface area (TPSA) is 58.6 Å². The van der Waals surface area contributed by atoms with Gasteiger partial charge in [-0.25, -0.2) is 9.69 Å². The fourth-order valence-corrected chi connectivity index (χ4v) is 1.60. The predicted octanol–water partition coefficient (Wildman–Crippen LogP) is 1.18. The summed E-state index contributed by atoms with van der Waals surface area (Å²) < 4.78 is 4.64. The standard InChI is InChI=1S/C8H10N2O3.C6H6/c11-7(3-6-4-9-5-6)10-1-2-13-8(10)12;1-2-4-6-5-3-1/h3,9H,1-2,4-5H2;1-6H. The van der Waals surface area contributed by atoms with Crippen LogP contribution in [0.3, 0.4) is 0 Å². The van der Waals surface area contributed by atoms with Crippen LogP contribution in [0.25, 0.3) is 0 Å². The van der Waals surface area contributed by atoms with Gasteiger partial charge in [0, 0.05) is 19.2 Å². The smallest absolute Gasteiger partial charge is 0.416 e. The zero-order valence-corrected chi connectivity index (χ0v) is 10.5. The summed E-state index contributed by atoms with van der Waals surface area (Å²) in [6.07, 6.45) is 0.970. The Morgan fingerprint density at radius 3 is 2.11 bits per heavy atom. The normalized spacial score (nSPS) is 16.9. The number of rotatable bonds is 1. The second kappa shape index (κ2) is 6.70. The monoisotopic (exact) mass is 260 g/mol. The van der Waals surface area contributed by atoms with Crippen molar-refractivity contribution in [3.63, 3.8) is 0 Å². The van der Waals surface area contributed by atoms with Crippen LogP contribution in [0.5, 0.6) is 0 Å². The number of carbonyl (C=O) groups excluding carboxylic acids is 2. The molecule has 19 heavy (non-hydrogen) atoms. The van der Waals surface area contributed by atoms with Crippen LogP contribution in [-0.4, -0.2) is 43.1 Å². The molecule has 1 aromatic rings. The van der Waals surface area contributed by atoms with Gasteiger partial charge in [-0.3, -0.25) is 4.79 Å². The molecule has 5 nitrogen and oxygen atoms in total. The van der Waals surface area contributed by atoms with E-state index in [0.29, 0.717) is 13.2 Å². The molecule has 1 aromatic carbocycles. The third-order valence-electron chi connectivity index (χ3n) is 2.73. The first-order valence-corrected chi connectivity index (χ1v) is 6.16. The lowest BCUT2D eigenvalue weighted by Gasteiger charge is -2.18. The van der Waals surface area contributed by atoms with E-state index in [-0.39, 0.29) is 5.91 Å². The number of hydrogen-bond acceptors (Lipinski definition) is 4. The third kappa shape index (κ3) is 3.93. The molecule has 0 aliphatic carbocycles. The van der Waals surface area contributed by atoms with Crippen LogP contribution < -0.4 is 5.32 Å². The molecule has 2 aliphatic rings. The fourth-order valence-electron chi connectivity index (χ4n) is 1.60. The van der Waals surface area contributed by atoms with Crippen molar-refractivity contribution in [3.05, 3.63) is 48.0 Å². The van der Waals surface area contributed by atoms with Crippen LogP contribution in [-0.2, 0) is 9.53 Å². The summed E-state index contributed by atoms with van der Waals surface area (Å²) in [5, 5.41) is 3.01. The minimum absolute atomic E-state index is 0.265. The van der Waals surface area contributed by atoms with Crippen molar-refractivity contribution >= 4 is 12.0 Å². The lowest BCUT2D eigenvalue weighted by Crippen LogP contribution is -2.37. The first-order valence-electron chi connectivity index (χ1n) is 6.16. The molecule has 2 saturated heterocycles. The molecular formula is C14H16N2O3. The van der Waals surface area contributed by atoms with Gasteiger partial charge in [-0.2, -0.15) is 0 Å². The highest BCUT2D eigenvalue weighted by Gasteiger charge is 2.27. The van der Waals surface area contributed by atoms with E-state index in [9.17, 15) is 9.59 Å². The Kier molecular flexibility index (Phi) is 4.69. The van der Waals surface area contributed by atoms with Crippen LogP contribution >= 0.6 is 0 Å². The average molecular weight is 260 g/mol. The Balaban J connectivity index is 0.000000186. The molecule has 1 N–H and O–H groups in total. The Labute approximate surface area is 111 Å². The summed E-state index contributed by atoms with van der Waals surface area (Å²) in [7, 11) is 0. The van der Waals surface area contributed by atoms with Crippen molar-refractivity contribution in [1.82, 2.24) is 10.2 Å². The van der Waals surface area contributed by atoms with Gasteiger partial charge in [-0.1, -0.05) is 36.4 Å². The first-order chi connectivity index (χ1) is 9.27. The summed E-state index contributed by atoms with van der Waals surface area (Å²) in [5.74, 6) is -0.265. The molecule has 2 aliphatic heterocycles. The highest BCUT2D eigenvalue weighted by atomic mass is 16.6. The summed E-state index contributed by atoms with van der Waals surface area (Å²) in [6.45, 7) is 2.17. The third-order valence-corrected chi connectivity index (χ3v) is 2.73. The Morgan fingerprint density at radius 2 is 1.74 bits per heavy atom. The van der Waals surface area contributed by atoms with E-state index in [1.165, 1.54) is 6.08 Å². The van der Waals surface area contributed by atoms with Crippen molar-refractivity contribution in [3.8, 4) is 0 Å². The summed E-state index contributed by atoms with van der Waals surface area (Å²) in [6, 6.07) is 12.0. The van der Waals surface area contributed by atoms with Gasteiger partial charge in [0.1, 0.15) is 6.61 Å². The highest BCUT2D eigenvalue weighted by Crippen LogP contribution is 2.07. The van der Waals surface area contributed by atoms with Crippen molar-refractivity contribution in [2.24, 2.45) is 0 Å². The van der Waals surface area contributed by atoms with Crippen molar-refractivity contribution in [1.29, 1.82) is 0 Å². The molecule has 0 unspecified atom stereocenters. The number of ether oxygens (including phenoxy) is 1. The number of nitrogens with zero attached hydrogens (tertiary/aromatic N) is 1. The molecule has 0 spiro atoms. The zero-order valence-electron chi connectivity index (χ0n) is 10.5. The molecule has 0 saturated carbocycles. The summed E-state index contributed by atoms with van der Waals surface area (Å²) in [5.41, 5.74) is 1.03. The molecule has 0 bridgehead atoms. The van der Waals surface area contributed by atoms with Gasteiger partial charge in [0.05, 0.1) is 6.54 Å². The van der Waals surface area contributed by atoms with Gasteiger partial charge in [0.25, 0.3) is 5.91 Å². The van der Waals surface area contributed by atoms with E-state index < -0.39 is 6.09 Å². The lowest BCUT2D eigenvalue weighted by atomic mass is 10.1. The van der Waals surface area contributed by atoms with Crippen LogP contribution in [0.4, 0.5) is 4.79 Å². The minimum atomic E-state index is -0.533. The number of carbonyl (C=O) groups is 2. The summed E-state index contributed by atoms with van der Waals surface area (Å²) >= 11 is 0. The van der Waals surface area contributed by atoms with Gasteiger partial charge in [0.15, 0.2) is 0 Å². The Bertz CT molecular complexity index is 438. The van der Waals surface area contributed by atoms with Crippen LogP contribution in [0.15, 0.2) is 48.0 Å². The largest absolute Gasteiger partial charge is 0.447 e. The maximum atomic E-state index is 11.4. The Hall–Kier alpha value is -2.14. The fraction of sp³-hybridized carbons (Fsp3) is 0.286. The van der Waals surface area contributed by atoms with E-state index in [0.717, 1.165) is 23.6 Å². The molecule has 0 radical (unpaired) electrons. The molecule has 100 valence electrons. The maximum Gasteiger partial charge on any atom is 0.416 e. The first kappa shape index (κ1) is 13.3. The number of nitrogens with one attached hydrogen (secondary N) is 1. The second-order valence-electron chi connectivity index (χ2n) is 4.17. The van der Waals surface area contributed by atoms with Crippen LogP contribution in [0, 0.1) is 0 Å². The van der Waals surface area contributed by atoms with Crippen molar-refractivity contribution in [2.45, 2.75) is 0 Å². The molecular weight excluding hydrogens is 244 g/mol. The van der Waals surface area contributed by atoms with Gasteiger partial charge in [0.2, 0.25) is 0 Å². The molecule has 0 atom stereocenters. The maximum absolute atomic E-state index is 11.4. The van der Waals surface area contributed by atoms with E-state index >= 15 is 0 Å². The molecule has 2 amide bonds. The Morgan fingerprint density at radius 1 is 1.16 bits per heavy atom. The number of hydrogen-bond donors (Lipinski definition) is 1. The molecule has 5 heteroatoms. The SMILES string of the molecule is O=C(C=C1CNC1)N1CCOC1=O.c1ccccc1. The molecule has 0 aromatic heterocycles. The lowest BCUT2D eigenvalue weighted by molar-refractivity contribution is -0.122. The quantitative estimate of drug-likeness (QED) is 0.770. The molecule has 2 fully saturated rings. The van der Waals surface area contributed by atoms with Gasteiger partial charge < -0.3 is 10.1 Å². The van der Waals surface area contributed by atoms with Crippen molar-refractivity contribution in [2.75, 3.05) is 26.2 Å². The summed E-state index contributed by atoms with van der Waals surface area (Å²) in [4.78, 5) is 23.4. The molecule has 3 rings (SSSR count). The van der Waals surface area contributed by atoms with Crippen LogP contribution in [0.2, 0.25) is 0 Å². The average Bonchev–Trinajstić information content (AvgIpc) is 2.83. The van der Waals surface area contributed by atoms with Gasteiger partial charge in [-0.05, 0) is 5.57 Å². The second-order valence-corrected chi connectivity index (χ2v) is 4.17. The highest BCUT2D eigenvalue weighted by molar-refractivity contribution is 5.99. The van der Waals surface area contributed by atoms with Crippen molar-refractivity contribution < 1.29 is 14.3 Å². The number of cyclic esters (lactones) is 1. The zero-order chi connectivity index (χ0) is 13.5.